The normalized spacial score (nSPS) is 16.9. The molecule has 2 aromatic carbocycles. The summed E-state index contributed by atoms with van der Waals surface area (Å²) >= 11 is 0. The van der Waals surface area contributed by atoms with Gasteiger partial charge in [-0.2, -0.15) is 0 Å². The van der Waals surface area contributed by atoms with E-state index in [0.29, 0.717) is 6.54 Å². The van der Waals surface area contributed by atoms with E-state index in [-0.39, 0.29) is 0 Å². The molecule has 128 valence electrons. The fraction of sp³-hybridized carbons (Fsp3) is 0.400. The fourth-order valence-electron chi connectivity index (χ4n) is 3.13. The van der Waals surface area contributed by atoms with E-state index in [2.05, 4.69) is 41.0 Å². The van der Waals surface area contributed by atoms with Gasteiger partial charge in [0.1, 0.15) is 5.75 Å². The average molecular weight is 326 g/mol. The molecule has 4 heteroatoms. The molecule has 2 aromatic rings. The second-order valence-corrected chi connectivity index (χ2v) is 6.42. The zero-order valence-corrected chi connectivity index (χ0v) is 14.5. The molecule has 1 fully saturated rings. The average Bonchev–Trinajstić information content (AvgIpc) is 2.63. The van der Waals surface area contributed by atoms with Crippen molar-refractivity contribution < 1.29 is 9.84 Å². The summed E-state index contributed by atoms with van der Waals surface area (Å²) in [6.45, 7) is 6.60. The van der Waals surface area contributed by atoms with Crippen LogP contribution in [-0.4, -0.2) is 49.8 Å². The minimum Gasteiger partial charge on any atom is -0.497 e. The third-order valence-corrected chi connectivity index (χ3v) is 4.68. The van der Waals surface area contributed by atoms with E-state index in [4.69, 9.17) is 4.74 Å². The summed E-state index contributed by atoms with van der Waals surface area (Å²) in [5.74, 6) is 0.893. The van der Waals surface area contributed by atoms with E-state index in [1.54, 1.807) is 7.11 Å². The summed E-state index contributed by atoms with van der Waals surface area (Å²) in [5.41, 5.74) is 3.42. The van der Waals surface area contributed by atoms with Crippen molar-refractivity contribution in [1.29, 1.82) is 0 Å². The summed E-state index contributed by atoms with van der Waals surface area (Å²) in [4.78, 5) is 4.71. The largest absolute Gasteiger partial charge is 0.497 e. The summed E-state index contributed by atoms with van der Waals surface area (Å²) in [7, 11) is 1.70. The molecule has 0 aromatic heterocycles. The lowest BCUT2D eigenvalue weighted by Crippen LogP contribution is -2.47. The zero-order chi connectivity index (χ0) is 16.9. The number of piperazine rings is 1. The molecule has 3 rings (SSSR count). The van der Waals surface area contributed by atoms with Crippen molar-refractivity contribution in [3.05, 3.63) is 59.7 Å². The highest BCUT2D eigenvalue weighted by atomic mass is 16.5. The number of methoxy groups -OCH3 is 1. The van der Waals surface area contributed by atoms with Crippen LogP contribution in [0, 0.1) is 6.92 Å². The number of nitrogens with zero attached hydrogens (tertiary/aromatic N) is 2. The SMILES string of the molecule is COc1cccc(N2CCN(C[C@H](O)c3ccc(C)cc3)CC2)c1. The van der Waals surface area contributed by atoms with Gasteiger partial charge in [-0.3, -0.25) is 4.90 Å². The highest BCUT2D eigenvalue weighted by Gasteiger charge is 2.20. The Labute approximate surface area is 144 Å². The molecule has 0 spiro atoms. The van der Waals surface area contributed by atoms with Crippen molar-refractivity contribution in [1.82, 2.24) is 4.90 Å². The predicted octanol–water partition coefficient (Wildman–Crippen LogP) is 2.86. The fourth-order valence-corrected chi connectivity index (χ4v) is 3.13. The maximum absolute atomic E-state index is 10.4. The van der Waals surface area contributed by atoms with Crippen molar-refractivity contribution in [3.8, 4) is 5.75 Å². The Hall–Kier alpha value is -2.04. The summed E-state index contributed by atoms with van der Waals surface area (Å²) in [5, 5.41) is 10.4. The molecule has 1 aliphatic rings. The van der Waals surface area contributed by atoms with Gasteiger partial charge in [-0.15, -0.1) is 0 Å². The molecule has 0 saturated carbocycles. The number of β-amino-alcohol motifs (C(OH)–C–C–N with tert-alkyl or cyclic N) is 1. The molecule has 1 atom stereocenters. The molecule has 0 bridgehead atoms. The molecule has 1 N–H and O–H groups in total. The van der Waals surface area contributed by atoms with Gasteiger partial charge in [0, 0.05) is 44.5 Å². The third-order valence-electron chi connectivity index (χ3n) is 4.68. The molecule has 4 nitrogen and oxygen atoms in total. The Kier molecular flexibility index (Phi) is 5.38. The second kappa shape index (κ2) is 7.69. The number of rotatable bonds is 5. The van der Waals surface area contributed by atoms with E-state index in [0.717, 1.165) is 37.5 Å². The lowest BCUT2D eigenvalue weighted by atomic mass is 10.1. The van der Waals surface area contributed by atoms with Gasteiger partial charge in [-0.05, 0) is 24.6 Å². The molecule has 24 heavy (non-hydrogen) atoms. The van der Waals surface area contributed by atoms with Crippen LogP contribution in [-0.2, 0) is 0 Å². The zero-order valence-electron chi connectivity index (χ0n) is 14.5. The quantitative estimate of drug-likeness (QED) is 0.916. The van der Waals surface area contributed by atoms with Crippen LogP contribution in [0.2, 0.25) is 0 Å². The van der Waals surface area contributed by atoms with Crippen LogP contribution in [0.3, 0.4) is 0 Å². The number of ether oxygens (including phenoxy) is 1. The van der Waals surface area contributed by atoms with E-state index in [9.17, 15) is 5.11 Å². The van der Waals surface area contributed by atoms with Gasteiger partial charge in [-0.25, -0.2) is 0 Å². The first kappa shape index (κ1) is 16.8. The third kappa shape index (κ3) is 4.08. The lowest BCUT2D eigenvalue weighted by Gasteiger charge is -2.37. The van der Waals surface area contributed by atoms with Crippen molar-refractivity contribution in [2.75, 3.05) is 44.7 Å². The van der Waals surface area contributed by atoms with Gasteiger partial charge in [0.2, 0.25) is 0 Å². The van der Waals surface area contributed by atoms with Gasteiger partial charge >= 0.3 is 0 Å². The van der Waals surface area contributed by atoms with Crippen LogP contribution >= 0.6 is 0 Å². The summed E-state index contributed by atoms with van der Waals surface area (Å²) < 4.78 is 5.31. The van der Waals surface area contributed by atoms with Gasteiger partial charge in [0.25, 0.3) is 0 Å². The van der Waals surface area contributed by atoms with Crippen LogP contribution < -0.4 is 9.64 Å². The molecular formula is C20H26N2O2. The van der Waals surface area contributed by atoms with Crippen molar-refractivity contribution >= 4 is 5.69 Å². The molecular weight excluding hydrogens is 300 g/mol. The van der Waals surface area contributed by atoms with E-state index < -0.39 is 6.10 Å². The number of aliphatic hydroxyl groups excluding tert-OH is 1. The second-order valence-electron chi connectivity index (χ2n) is 6.42. The van der Waals surface area contributed by atoms with Gasteiger partial charge < -0.3 is 14.7 Å². The van der Waals surface area contributed by atoms with Crippen LogP contribution in [0.1, 0.15) is 17.2 Å². The minimum atomic E-state index is -0.422. The van der Waals surface area contributed by atoms with Crippen LogP contribution in [0.5, 0.6) is 5.75 Å². The van der Waals surface area contributed by atoms with Crippen LogP contribution in [0.25, 0.3) is 0 Å². The summed E-state index contributed by atoms with van der Waals surface area (Å²) in [6.07, 6.45) is -0.422. The molecule has 1 aliphatic heterocycles. The first-order chi connectivity index (χ1) is 11.7. The number of hydrogen-bond donors (Lipinski definition) is 1. The Balaban J connectivity index is 1.54. The number of hydrogen-bond acceptors (Lipinski definition) is 4. The van der Waals surface area contributed by atoms with E-state index in [1.807, 2.05) is 24.3 Å². The molecule has 0 unspecified atom stereocenters. The van der Waals surface area contributed by atoms with E-state index >= 15 is 0 Å². The first-order valence-electron chi connectivity index (χ1n) is 8.51. The van der Waals surface area contributed by atoms with Crippen molar-refractivity contribution in [2.45, 2.75) is 13.0 Å². The highest BCUT2D eigenvalue weighted by Crippen LogP contribution is 2.23. The Morgan fingerprint density at radius 1 is 1.04 bits per heavy atom. The number of aliphatic hydroxyl groups is 1. The lowest BCUT2D eigenvalue weighted by molar-refractivity contribution is 0.109. The van der Waals surface area contributed by atoms with Gasteiger partial charge in [0.05, 0.1) is 13.2 Å². The summed E-state index contributed by atoms with van der Waals surface area (Å²) in [6, 6.07) is 16.4. The van der Waals surface area contributed by atoms with Gasteiger partial charge in [0.15, 0.2) is 0 Å². The Morgan fingerprint density at radius 3 is 2.42 bits per heavy atom. The maximum Gasteiger partial charge on any atom is 0.120 e. The molecule has 0 aliphatic carbocycles. The predicted molar refractivity (Wildman–Crippen MR) is 97.8 cm³/mol. The number of benzene rings is 2. The number of anilines is 1. The maximum atomic E-state index is 10.4. The molecule has 1 heterocycles. The standard InChI is InChI=1S/C20H26N2O2/c1-16-6-8-17(9-7-16)20(23)15-21-10-12-22(13-11-21)18-4-3-5-19(14-18)24-2/h3-9,14,20,23H,10-13,15H2,1-2H3/t20-/m0/s1. The van der Waals surface area contributed by atoms with Crippen LogP contribution in [0.15, 0.2) is 48.5 Å². The first-order valence-corrected chi connectivity index (χ1v) is 8.51. The number of aryl methyl sites for hydroxylation is 1. The molecule has 0 amide bonds. The highest BCUT2D eigenvalue weighted by molar-refractivity contribution is 5.51. The van der Waals surface area contributed by atoms with E-state index in [1.165, 1.54) is 11.3 Å². The Morgan fingerprint density at radius 2 is 1.75 bits per heavy atom. The van der Waals surface area contributed by atoms with Gasteiger partial charge in [-0.1, -0.05) is 35.9 Å². The smallest absolute Gasteiger partial charge is 0.120 e. The molecule has 1 saturated heterocycles. The van der Waals surface area contributed by atoms with Crippen LogP contribution in [0.4, 0.5) is 5.69 Å². The molecule has 0 radical (unpaired) electrons. The van der Waals surface area contributed by atoms with Crippen molar-refractivity contribution in [3.63, 3.8) is 0 Å². The van der Waals surface area contributed by atoms with Crippen molar-refractivity contribution in [2.24, 2.45) is 0 Å². The minimum absolute atomic E-state index is 0.422. The Bertz CT molecular complexity index is 649. The monoisotopic (exact) mass is 326 g/mol. The topological polar surface area (TPSA) is 35.9 Å².